The molecule has 0 aromatic carbocycles. The van der Waals surface area contributed by atoms with Crippen molar-refractivity contribution in [1.82, 2.24) is 9.29 Å². The number of hydrogen-bond donors (Lipinski definition) is 0. The van der Waals surface area contributed by atoms with E-state index >= 15 is 0 Å². The van der Waals surface area contributed by atoms with Gasteiger partial charge in [-0.1, -0.05) is 6.07 Å². The highest BCUT2D eigenvalue weighted by molar-refractivity contribution is 7.89. The van der Waals surface area contributed by atoms with E-state index < -0.39 is 10.0 Å². The minimum atomic E-state index is -3.44. The first-order valence-corrected chi connectivity index (χ1v) is 10.3. The molecule has 0 N–H and O–H groups in total. The Bertz CT molecular complexity index is 787. The van der Waals surface area contributed by atoms with Crippen LogP contribution in [-0.2, 0) is 21.4 Å². The number of rotatable bonds is 5. The summed E-state index contributed by atoms with van der Waals surface area (Å²) < 4.78 is 33.3. The molecule has 0 amide bonds. The van der Waals surface area contributed by atoms with Gasteiger partial charge in [0.2, 0.25) is 10.0 Å². The summed E-state index contributed by atoms with van der Waals surface area (Å²) in [6.07, 6.45) is 3.34. The van der Waals surface area contributed by atoms with E-state index in [4.69, 9.17) is 4.74 Å². The Hall–Kier alpha value is -1.28. The van der Waals surface area contributed by atoms with Gasteiger partial charge in [0.15, 0.2) is 0 Å². The highest BCUT2D eigenvalue weighted by Crippen LogP contribution is 2.29. The van der Waals surface area contributed by atoms with E-state index in [9.17, 15) is 8.42 Å². The summed E-state index contributed by atoms with van der Waals surface area (Å²) >= 11 is 1.52. The van der Waals surface area contributed by atoms with E-state index in [1.807, 2.05) is 32.0 Å². The van der Waals surface area contributed by atoms with Gasteiger partial charge in [-0.15, -0.1) is 11.3 Å². The van der Waals surface area contributed by atoms with Crippen molar-refractivity contribution < 1.29 is 13.2 Å². The average molecular weight is 367 g/mol. The zero-order valence-electron chi connectivity index (χ0n) is 13.9. The Morgan fingerprint density at radius 2 is 2.21 bits per heavy atom. The van der Waals surface area contributed by atoms with Gasteiger partial charge < -0.3 is 4.74 Å². The maximum Gasteiger partial charge on any atom is 0.244 e. The average Bonchev–Trinajstić information content (AvgIpc) is 2.93. The summed E-state index contributed by atoms with van der Waals surface area (Å²) in [5, 5.41) is 0. The van der Waals surface area contributed by atoms with Crippen molar-refractivity contribution >= 4 is 21.4 Å². The summed E-state index contributed by atoms with van der Waals surface area (Å²) in [5.41, 5.74) is 0.863. The standard InChI is InChI=1S/C17H22N2O3S2/c1-13-10-17(14(2)23-13)24(20,21)19-9-5-7-16(11-19)22-12-15-6-3-4-8-18-15/h3-4,6,8,10,16H,5,7,9,11-12H2,1-2H3. The fourth-order valence-electron chi connectivity index (χ4n) is 2.95. The van der Waals surface area contributed by atoms with Crippen LogP contribution in [0.5, 0.6) is 0 Å². The Kier molecular flexibility index (Phi) is 5.34. The third kappa shape index (κ3) is 3.85. The van der Waals surface area contributed by atoms with Crippen LogP contribution < -0.4 is 0 Å². The number of aryl methyl sites for hydroxylation is 2. The third-order valence-electron chi connectivity index (χ3n) is 4.15. The summed E-state index contributed by atoms with van der Waals surface area (Å²) in [5.74, 6) is 0. The van der Waals surface area contributed by atoms with Gasteiger partial charge >= 0.3 is 0 Å². The molecule has 0 saturated carbocycles. The van der Waals surface area contributed by atoms with Gasteiger partial charge in [-0.25, -0.2) is 8.42 Å². The lowest BCUT2D eigenvalue weighted by molar-refractivity contribution is 0.00665. The molecule has 24 heavy (non-hydrogen) atoms. The summed E-state index contributed by atoms with van der Waals surface area (Å²) in [6, 6.07) is 7.47. The van der Waals surface area contributed by atoms with Gasteiger partial charge in [-0.3, -0.25) is 4.98 Å². The maximum atomic E-state index is 12.9. The van der Waals surface area contributed by atoms with Crippen LogP contribution in [0.25, 0.3) is 0 Å². The number of thiophene rings is 1. The number of pyridine rings is 1. The fourth-order valence-corrected chi connectivity index (χ4v) is 5.98. The predicted molar refractivity (Wildman–Crippen MR) is 94.6 cm³/mol. The lowest BCUT2D eigenvalue weighted by atomic mass is 10.1. The van der Waals surface area contributed by atoms with E-state index in [-0.39, 0.29) is 6.10 Å². The molecule has 2 aromatic rings. The number of piperidine rings is 1. The molecule has 0 radical (unpaired) electrons. The zero-order valence-corrected chi connectivity index (χ0v) is 15.6. The van der Waals surface area contributed by atoms with Crippen molar-refractivity contribution in [2.45, 2.75) is 44.3 Å². The van der Waals surface area contributed by atoms with Crippen LogP contribution in [0.15, 0.2) is 35.4 Å². The molecule has 7 heteroatoms. The largest absolute Gasteiger partial charge is 0.371 e. The molecular weight excluding hydrogens is 344 g/mol. The second kappa shape index (κ2) is 7.31. The molecule has 2 aromatic heterocycles. The Balaban J connectivity index is 1.67. The highest BCUT2D eigenvalue weighted by Gasteiger charge is 2.32. The monoisotopic (exact) mass is 366 g/mol. The first kappa shape index (κ1) is 17.5. The second-order valence-electron chi connectivity index (χ2n) is 6.04. The number of sulfonamides is 1. The van der Waals surface area contributed by atoms with Crippen molar-refractivity contribution in [1.29, 1.82) is 0 Å². The molecular formula is C17H22N2O3S2. The summed E-state index contributed by atoms with van der Waals surface area (Å²) in [7, 11) is -3.44. The number of aromatic nitrogens is 1. The molecule has 1 unspecified atom stereocenters. The molecule has 0 bridgehead atoms. The lowest BCUT2D eigenvalue weighted by Crippen LogP contribution is -2.43. The quantitative estimate of drug-likeness (QED) is 0.816. The first-order valence-electron chi connectivity index (χ1n) is 8.05. The van der Waals surface area contributed by atoms with Gasteiger partial charge in [0.05, 0.1) is 23.3 Å². The Labute approximate surface area is 147 Å². The van der Waals surface area contributed by atoms with Crippen molar-refractivity contribution in [3.8, 4) is 0 Å². The highest BCUT2D eigenvalue weighted by atomic mass is 32.2. The van der Waals surface area contributed by atoms with Crippen molar-refractivity contribution in [2.75, 3.05) is 13.1 Å². The molecule has 0 spiro atoms. The van der Waals surface area contributed by atoms with Crippen LogP contribution in [-0.4, -0.2) is 36.9 Å². The van der Waals surface area contributed by atoms with E-state index in [0.717, 1.165) is 28.3 Å². The number of hydrogen-bond acceptors (Lipinski definition) is 5. The van der Waals surface area contributed by atoms with E-state index in [0.29, 0.717) is 24.6 Å². The van der Waals surface area contributed by atoms with Crippen LogP contribution in [0.2, 0.25) is 0 Å². The van der Waals surface area contributed by atoms with Gasteiger partial charge in [0.25, 0.3) is 0 Å². The second-order valence-corrected chi connectivity index (χ2v) is 9.40. The number of ether oxygens (including phenoxy) is 1. The van der Waals surface area contributed by atoms with E-state index in [2.05, 4.69) is 4.98 Å². The van der Waals surface area contributed by atoms with Crippen LogP contribution >= 0.6 is 11.3 Å². The van der Waals surface area contributed by atoms with E-state index in [1.165, 1.54) is 11.3 Å². The minimum Gasteiger partial charge on any atom is -0.371 e. The molecule has 3 rings (SSSR count). The van der Waals surface area contributed by atoms with Gasteiger partial charge in [0, 0.05) is 29.0 Å². The van der Waals surface area contributed by atoms with Crippen molar-refractivity contribution in [3.63, 3.8) is 0 Å². The van der Waals surface area contributed by atoms with Gasteiger partial charge in [-0.2, -0.15) is 4.31 Å². The maximum absolute atomic E-state index is 12.9. The van der Waals surface area contributed by atoms with Crippen molar-refractivity contribution in [3.05, 3.63) is 45.9 Å². The first-order chi connectivity index (χ1) is 11.5. The topological polar surface area (TPSA) is 59.5 Å². The molecule has 1 saturated heterocycles. The van der Waals surface area contributed by atoms with Gasteiger partial charge in [0.1, 0.15) is 0 Å². The Morgan fingerprint density at radius 3 is 2.88 bits per heavy atom. The molecule has 3 heterocycles. The molecule has 1 atom stereocenters. The van der Waals surface area contributed by atoms with Crippen LogP contribution in [0, 0.1) is 13.8 Å². The lowest BCUT2D eigenvalue weighted by Gasteiger charge is -2.31. The molecule has 5 nitrogen and oxygen atoms in total. The van der Waals surface area contributed by atoms with E-state index in [1.54, 1.807) is 16.6 Å². The Morgan fingerprint density at radius 1 is 1.38 bits per heavy atom. The minimum absolute atomic E-state index is 0.0874. The summed E-state index contributed by atoms with van der Waals surface area (Å²) in [6.45, 7) is 5.18. The molecule has 1 aliphatic rings. The van der Waals surface area contributed by atoms with Crippen LogP contribution in [0.1, 0.15) is 28.3 Å². The SMILES string of the molecule is Cc1cc(S(=O)(=O)N2CCCC(OCc3ccccn3)C2)c(C)s1. The van der Waals surface area contributed by atoms with Gasteiger partial charge in [-0.05, 0) is 44.9 Å². The molecule has 1 aliphatic heterocycles. The number of nitrogens with zero attached hydrogens (tertiary/aromatic N) is 2. The van der Waals surface area contributed by atoms with Crippen LogP contribution in [0.4, 0.5) is 0 Å². The normalized spacial score (nSPS) is 19.5. The fraction of sp³-hybridized carbons (Fsp3) is 0.471. The molecule has 130 valence electrons. The van der Waals surface area contributed by atoms with Crippen molar-refractivity contribution in [2.24, 2.45) is 0 Å². The zero-order chi connectivity index (χ0) is 17.2. The molecule has 0 aliphatic carbocycles. The summed E-state index contributed by atoms with van der Waals surface area (Å²) in [4.78, 5) is 6.55. The third-order valence-corrected chi connectivity index (χ3v) is 7.23. The van der Waals surface area contributed by atoms with Crippen LogP contribution in [0.3, 0.4) is 0 Å². The molecule has 1 fully saturated rings. The predicted octanol–water partition coefficient (Wildman–Crippen LogP) is 3.13. The smallest absolute Gasteiger partial charge is 0.244 e.